The summed E-state index contributed by atoms with van der Waals surface area (Å²) < 4.78 is 0. The van der Waals surface area contributed by atoms with Gasteiger partial charge in [0.1, 0.15) is 0 Å². The van der Waals surface area contributed by atoms with Crippen LogP contribution in [0.2, 0.25) is 0 Å². The number of nitrogens with two attached hydrogens (primary N) is 1. The fraction of sp³-hybridized carbons (Fsp3) is 0.846. The Balaban J connectivity index is 2.56. The molecule has 1 rings (SSSR count). The monoisotopic (exact) mass is 271 g/mol. The van der Waals surface area contributed by atoms with Crippen LogP contribution in [0.1, 0.15) is 34.1 Å². The van der Waals surface area contributed by atoms with Crippen molar-refractivity contribution >= 4 is 23.1 Å². The molecule has 4 nitrogen and oxygen atoms in total. The van der Waals surface area contributed by atoms with Gasteiger partial charge in [0.05, 0.1) is 11.0 Å². The molecule has 18 heavy (non-hydrogen) atoms. The zero-order chi connectivity index (χ0) is 13.9. The van der Waals surface area contributed by atoms with E-state index in [0.29, 0.717) is 4.99 Å². The van der Waals surface area contributed by atoms with Crippen LogP contribution in [0.15, 0.2) is 0 Å². The molecule has 0 bridgehead atoms. The van der Waals surface area contributed by atoms with Crippen LogP contribution in [-0.2, 0) is 4.79 Å². The van der Waals surface area contributed by atoms with Crippen molar-refractivity contribution in [3.05, 3.63) is 0 Å². The topological polar surface area (TPSA) is 49.6 Å². The molecule has 1 aliphatic rings. The van der Waals surface area contributed by atoms with Gasteiger partial charge in [-0.15, -0.1) is 0 Å². The minimum atomic E-state index is -0.296. The van der Waals surface area contributed by atoms with E-state index in [4.69, 9.17) is 18.0 Å². The molecule has 2 N–H and O–H groups in total. The second-order valence-electron chi connectivity index (χ2n) is 5.90. The number of rotatable bonds is 3. The Morgan fingerprint density at radius 2 is 1.78 bits per heavy atom. The number of carbonyl (C=O) groups is 1. The zero-order valence-electron chi connectivity index (χ0n) is 11.9. The maximum atomic E-state index is 12.2. The van der Waals surface area contributed by atoms with Crippen LogP contribution < -0.4 is 5.73 Å². The Labute approximate surface area is 115 Å². The minimum Gasteiger partial charge on any atom is -0.392 e. The Bertz CT molecular complexity index is 317. The predicted octanol–water partition coefficient (Wildman–Crippen LogP) is 1.24. The lowest BCUT2D eigenvalue weighted by Crippen LogP contribution is -2.56. The molecule has 1 heterocycles. The molecule has 0 aromatic heterocycles. The third-order valence-corrected chi connectivity index (χ3v) is 3.67. The van der Waals surface area contributed by atoms with Gasteiger partial charge in [-0.25, -0.2) is 0 Å². The molecule has 1 saturated heterocycles. The van der Waals surface area contributed by atoms with Gasteiger partial charge in [-0.1, -0.05) is 39.9 Å². The molecule has 104 valence electrons. The van der Waals surface area contributed by atoms with Gasteiger partial charge < -0.3 is 10.6 Å². The SMILES string of the molecule is CCC(C(N)=S)N1CCN(C(=O)C(C)(C)C)CC1. The Morgan fingerprint density at radius 1 is 1.28 bits per heavy atom. The summed E-state index contributed by atoms with van der Waals surface area (Å²) in [4.78, 5) is 17.0. The first-order valence-electron chi connectivity index (χ1n) is 6.60. The average molecular weight is 271 g/mol. The zero-order valence-corrected chi connectivity index (χ0v) is 12.7. The summed E-state index contributed by atoms with van der Waals surface area (Å²) in [5.41, 5.74) is 5.45. The first-order chi connectivity index (χ1) is 8.27. The number of thiocarbonyl (C=S) groups is 1. The molecule has 1 atom stereocenters. The first-order valence-corrected chi connectivity index (χ1v) is 7.01. The molecular weight excluding hydrogens is 246 g/mol. The average Bonchev–Trinajstić information content (AvgIpc) is 2.28. The van der Waals surface area contributed by atoms with Crippen LogP contribution in [0.4, 0.5) is 0 Å². The number of carbonyl (C=O) groups excluding carboxylic acids is 1. The van der Waals surface area contributed by atoms with Crippen LogP contribution in [-0.4, -0.2) is 52.9 Å². The second kappa shape index (κ2) is 5.97. The van der Waals surface area contributed by atoms with E-state index in [1.807, 2.05) is 25.7 Å². The van der Waals surface area contributed by atoms with Gasteiger partial charge in [0.2, 0.25) is 5.91 Å². The first kappa shape index (κ1) is 15.4. The van der Waals surface area contributed by atoms with E-state index < -0.39 is 0 Å². The molecule has 5 heteroatoms. The van der Waals surface area contributed by atoms with Crippen molar-refractivity contribution in [1.29, 1.82) is 0 Å². The molecule has 0 aromatic rings. The van der Waals surface area contributed by atoms with Crippen molar-refractivity contribution < 1.29 is 4.79 Å². The number of piperazine rings is 1. The lowest BCUT2D eigenvalue weighted by atomic mass is 9.94. The van der Waals surface area contributed by atoms with Crippen molar-refractivity contribution in [2.75, 3.05) is 26.2 Å². The van der Waals surface area contributed by atoms with Gasteiger partial charge in [-0.05, 0) is 6.42 Å². The van der Waals surface area contributed by atoms with Crippen LogP contribution in [0, 0.1) is 5.41 Å². The molecule has 0 radical (unpaired) electrons. The predicted molar refractivity (Wildman–Crippen MR) is 78.5 cm³/mol. The van der Waals surface area contributed by atoms with E-state index in [1.54, 1.807) is 0 Å². The van der Waals surface area contributed by atoms with Crippen molar-refractivity contribution in [3.63, 3.8) is 0 Å². The van der Waals surface area contributed by atoms with Gasteiger partial charge in [0.25, 0.3) is 0 Å². The van der Waals surface area contributed by atoms with Crippen LogP contribution >= 0.6 is 12.2 Å². The molecule has 0 spiro atoms. The highest BCUT2D eigenvalue weighted by molar-refractivity contribution is 7.80. The van der Waals surface area contributed by atoms with Gasteiger partial charge in [0, 0.05) is 31.6 Å². The van der Waals surface area contributed by atoms with Crippen LogP contribution in [0.5, 0.6) is 0 Å². The fourth-order valence-corrected chi connectivity index (χ4v) is 2.67. The number of hydrogen-bond acceptors (Lipinski definition) is 3. The van der Waals surface area contributed by atoms with Gasteiger partial charge >= 0.3 is 0 Å². The normalized spacial score (nSPS) is 19.7. The lowest BCUT2D eigenvalue weighted by molar-refractivity contribution is -0.141. The quantitative estimate of drug-likeness (QED) is 0.785. The van der Waals surface area contributed by atoms with Crippen LogP contribution in [0.3, 0.4) is 0 Å². The summed E-state index contributed by atoms with van der Waals surface area (Å²) in [6, 6.07) is 0.173. The fourth-order valence-electron chi connectivity index (χ4n) is 2.35. The van der Waals surface area contributed by atoms with E-state index in [2.05, 4.69) is 11.8 Å². The third kappa shape index (κ3) is 3.65. The minimum absolute atomic E-state index is 0.173. The molecule has 1 unspecified atom stereocenters. The maximum absolute atomic E-state index is 12.2. The van der Waals surface area contributed by atoms with Crippen molar-refractivity contribution in [2.45, 2.75) is 40.2 Å². The number of hydrogen-bond donors (Lipinski definition) is 1. The molecule has 0 aliphatic carbocycles. The maximum Gasteiger partial charge on any atom is 0.228 e. The van der Waals surface area contributed by atoms with E-state index >= 15 is 0 Å². The number of amides is 1. The van der Waals surface area contributed by atoms with Gasteiger partial charge in [-0.2, -0.15) is 0 Å². The molecule has 0 saturated carbocycles. The summed E-state index contributed by atoms with van der Waals surface area (Å²) in [6.07, 6.45) is 0.933. The highest BCUT2D eigenvalue weighted by Gasteiger charge is 2.31. The Morgan fingerprint density at radius 3 is 2.11 bits per heavy atom. The smallest absolute Gasteiger partial charge is 0.228 e. The Kier molecular flexibility index (Phi) is 5.10. The summed E-state index contributed by atoms with van der Waals surface area (Å²) in [7, 11) is 0. The Hall–Kier alpha value is -0.680. The number of nitrogens with zero attached hydrogens (tertiary/aromatic N) is 2. The second-order valence-corrected chi connectivity index (χ2v) is 6.38. The van der Waals surface area contributed by atoms with Gasteiger partial charge in [-0.3, -0.25) is 9.69 Å². The summed E-state index contributed by atoms with van der Waals surface area (Å²) in [5.74, 6) is 0.227. The molecular formula is C13H25N3OS. The molecule has 1 amide bonds. The summed E-state index contributed by atoms with van der Waals surface area (Å²) >= 11 is 5.09. The van der Waals surface area contributed by atoms with Crippen molar-refractivity contribution in [3.8, 4) is 0 Å². The highest BCUT2D eigenvalue weighted by atomic mass is 32.1. The molecule has 1 fully saturated rings. The van der Waals surface area contributed by atoms with Crippen molar-refractivity contribution in [2.24, 2.45) is 11.1 Å². The summed E-state index contributed by atoms with van der Waals surface area (Å²) in [5, 5.41) is 0. The van der Waals surface area contributed by atoms with Crippen LogP contribution in [0.25, 0.3) is 0 Å². The van der Waals surface area contributed by atoms with E-state index in [0.717, 1.165) is 32.6 Å². The largest absolute Gasteiger partial charge is 0.392 e. The van der Waals surface area contributed by atoms with Gasteiger partial charge in [0.15, 0.2) is 0 Å². The standard InChI is InChI=1S/C13H25N3OS/c1-5-10(11(14)18)15-6-8-16(9-7-15)12(17)13(2,3)4/h10H,5-9H2,1-4H3,(H2,14,18). The molecule has 0 aromatic carbocycles. The van der Waals surface area contributed by atoms with Crippen molar-refractivity contribution in [1.82, 2.24) is 9.80 Å². The van der Waals surface area contributed by atoms with E-state index in [1.165, 1.54) is 0 Å². The third-order valence-electron chi connectivity index (χ3n) is 3.40. The summed E-state index contributed by atoms with van der Waals surface area (Å²) in [6.45, 7) is 11.2. The van der Waals surface area contributed by atoms with E-state index in [-0.39, 0.29) is 17.4 Å². The lowest BCUT2D eigenvalue weighted by Gasteiger charge is -2.40. The molecule has 1 aliphatic heterocycles. The highest BCUT2D eigenvalue weighted by Crippen LogP contribution is 2.19. The van der Waals surface area contributed by atoms with E-state index in [9.17, 15) is 4.79 Å².